The van der Waals surface area contributed by atoms with E-state index in [1.165, 1.54) is 0 Å². The van der Waals surface area contributed by atoms with Crippen molar-refractivity contribution >= 4 is 5.97 Å². The molecule has 1 rings (SSSR count). The number of carbonyl (C=O) groups excluding carboxylic acids is 1. The molecule has 0 aromatic heterocycles. The number of esters is 1. The first-order valence-electron chi connectivity index (χ1n) is 5.31. The molecule has 1 heterocycles. The summed E-state index contributed by atoms with van der Waals surface area (Å²) in [6, 6.07) is 0. The Kier molecular flexibility index (Phi) is 3.73. The second-order valence-corrected chi connectivity index (χ2v) is 4.95. The molecular weight excluding hydrogens is 196 g/mol. The number of hydrogen-bond acceptors (Lipinski definition) is 4. The Morgan fingerprint density at radius 1 is 1.33 bits per heavy atom. The van der Waals surface area contributed by atoms with Crippen LogP contribution < -0.4 is 0 Å². The van der Waals surface area contributed by atoms with E-state index < -0.39 is 11.4 Å². The SMILES string of the molecule is CC(C)(C)OC(=O)CC1(C)OCCCO1. The van der Waals surface area contributed by atoms with Crippen LogP contribution in [-0.4, -0.2) is 30.6 Å². The van der Waals surface area contributed by atoms with Gasteiger partial charge in [0.05, 0.1) is 19.6 Å². The fraction of sp³-hybridized carbons (Fsp3) is 0.909. The first-order valence-corrected chi connectivity index (χ1v) is 5.31. The van der Waals surface area contributed by atoms with Gasteiger partial charge in [-0.2, -0.15) is 0 Å². The van der Waals surface area contributed by atoms with Crippen molar-refractivity contribution in [1.82, 2.24) is 0 Å². The van der Waals surface area contributed by atoms with Crippen molar-refractivity contribution < 1.29 is 19.0 Å². The topological polar surface area (TPSA) is 44.8 Å². The molecule has 0 atom stereocenters. The monoisotopic (exact) mass is 216 g/mol. The average molecular weight is 216 g/mol. The van der Waals surface area contributed by atoms with Crippen LogP contribution in [0.1, 0.15) is 40.5 Å². The van der Waals surface area contributed by atoms with Gasteiger partial charge < -0.3 is 14.2 Å². The minimum atomic E-state index is -0.805. The summed E-state index contributed by atoms with van der Waals surface area (Å²) in [6.07, 6.45) is 1.02. The number of hydrogen-bond donors (Lipinski definition) is 0. The molecule has 88 valence electrons. The van der Waals surface area contributed by atoms with Gasteiger partial charge in [-0.1, -0.05) is 0 Å². The Balaban J connectivity index is 2.42. The summed E-state index contributed by atoms with van der Waals surface area (Å²) in [7, 11) is 0. The molecule has 1 saturated heterocycles. The van der Waals surface area contributed by atoms with Gasteiger partial charge in [0.15, 0.2) is 5.79 Å². The fourth-order valence-corrected chi connectivity index (χ4v) is 1.42. The molecule has 0 N–H and O–H groups in total. The van der Waals surface area contributed by atoms with E-state index in [9.17, 15) is 4.79 Å². The summed E-state index contributed by atoms with van der Waals surface area (Å²) in [5.41, 5.74) is -0.456. The minimum absolute atomic E-state index is 0.143. The van der Waals surface area contributed by atoms with Crippen LogP contribution in [0.25, 0.3) is 0 Å². The molecule has 1 aliphatic rings. The molecule has 0 aliphatic carbocycles. The zero-order chi connectivity index (χ0) is 11.5. The number of carbonyl (C=O) groups is 1. The second kappa shape index (κ2) is 4.49. The van der Waals surface area contributed by atoms with E-state index in [0.717, 1.165) is 6.42 Å². The zero-order valence-electron chi connectivity index (χ0n) is 9.96. The summed E-state index contributed by atoms with van der Waals surface area (Å²) >= 11 is 0. The highest BCUT2D eigenvalue weighted by Gasteiger charge is 2.33. The summed E-state index contributed by atoms with van der Waals surface area (Å²) in [5.74, 6) is -1.09. The standard InChI is InChI=1S/C11H20O4/c1-10(2,3)15-9(12)8-11(4)13-6-5-7-14-11/h5-8H2,1-4H3. The van der Waals surface area contributed by atoms with Crippen molar-refractivity contribution in [2.75, 3.05) is 13.2 Å². The molecule has 0 saturated carbocycles. The third kappa shape index (κ3) is 4.62. The van der Waals surface area contributed by atoms with Gasteiger partial charge in [-0.3, -0.25) is 4.79 Å². The van der Waals surface area contributed by atoms with Gasteiger partial charge >= 0.3 is 5.97 Å². The minimum Gasteiger partial charge on any atom is -0.460 e. The lowest BCUT2D eigenvalue weighted by Gasteiger charge is -2.33. The van der Waals surface area contributed by atoms with Gasteiger partial charge in [0.1, 0.15) is 5.60 Å². The van der Waals surface area contributed by atoms with Crippen LogP contribution in [0.3, 0.4) is 0 Å². The third-order valence-electron chi connectivity index (χ3n) is 1.99. The third-order valence-corrected chi connectivity index (χ3v) is 1.99. The van der Waals surface area contributed by atoms with Crippen molar-refractivity contribution in [3.05, 3.63) is 0 Å². The van der Waals surface area contributed by atoms with Crippen LogP contribution >= 0.6 is 0 Å². The molecule has 1 fully saturated rings. The van der Waals surface area contributed by atoms with Crippen LogP contribution in [0.4, 0.5) is 0 Å². The summed E-state index contributed by atoms with van der Waals surface area (Å²) in [6.45, 7) is 8.58. The smallest absolute Gasteiger partial charge is 0.311 e. The summed E-state index contributed by atoms with van der Waals surface area (Å²) < 4.78 is 16.1. The largest absolute Gasteiger partial charge is 0.460 e. The Labute approximate surface area is 90.9 Å². The maximum Gasteiger partial charge on any atom is 0.311 e. The van der Waals surface area contributed by atoms with Crippen molar-refractivity contribution in [2.24, 2.45) is 0 Å². The van der Waals surface area contributed by atoms with Gasteiger partial charge in [0.25, 0.3) is 0 Å². The molecule has 0 aromatic rings. The lowest BCUT2D eigenvalue weighted by molar-refractivity contribution is -0.260. The first-order chi connectivity index (χ1) is 6.81. The Hall–Kier alpha value is -0.610. The zero-order valence-corrected chi connectivity index (χ0v) is 9.96. The van der Waals surface area contributed by atoms with Crippen molar-refractivity contribution in [2.45, 2.75) is 51.9 Å². The summed E-state index contributed by atoms with van der Waals surface area (Å²) in [4.78, 5) is 11.5. The van der Waals surface area contributed by atoms with Crippen molar-refractivity contribution in [3.8, 4) is 0 Å². The molecule has 0 spiro atoms. The van der Waals surface area contributed by atoms with E-state index in [4.69, 9.17) is 14.2 Å². The van der Waals surface area contributed by atoms with Gasteiger partial charge in [-0.15, -0.1) is 0 Å². The summed E-state index contributed by atoms with van der Waals surface area (Å²) in [5, 5.41) is 0. The maximum atomic E-state index is 11.5. The Morgan fingerprint density at radius 3 is 2.33 bits per heavy atom. The predicted octanol–water partition coefficient (Wildman–Crippen LogP) is 1.87. The highest BCUT2D eigenvalue weighted by Crippen LogP contribution is 2.23. The van der Waals surface area contributed by atoms with E-state index in [0.29, 0.717) is 13.2 Å². The molecule has 1 aliphatic heterocycles. The van der Waals surface area contributed by atoms with E-state index in [-0.39, 0.29) is 12.4 Å². The van der Waals surface area contributed by atoms with Crippen molar-refractivity contribution in [1.29, 1.82) is 0 Å². The molecule has 4 nitrogen and oxygen atoms in total. The van der Waals surface area contributed by atoms with E-state index >= 15 is 0 Å². The lowest BCUT2D eigenvalue weighted by Crippen LogP contribution is -2.41. The van der Waals surface area contributed by atoms with Crippen LogP contribution in [0, 0.1) is 0 Å². The predicted molar refractivity (Wildman–Crippen MR) is 55.4 cm³/mol. The van der Waals surface area contributed by atoms with Crippen LogP contribution in [0.5, 0.6) is 0 Å². The molecule has 15 heavy (non-hydrogen) atoms. The second-order valence-electron chi connectivity index (χ2n) is 4.95. The molecule has 0 aromatic carbocycles. The van der Waals surface area contributed by atoms with Crippen LogP contribution in [0.2, 0.25) is 0 Å². The first kappa shape index (κ1) is 12.5. The molecular formula is C11H20O4. The Bertz CT molecular complexity index is 223. The quantitative estimate of drug-likeness (QED) is 0.661. The number of rotatable bonds is 2. The molecule has 0 unspecified atom stereocenters. The van der Waals surface area contributed by atoms with Gasteiger partial charge in [-0.05, 0) is 34.1 Å². The van der Waals surface area contributed by atoms with E-state index in [2.05, 4.69) is 0 Å². The molecule has 0 amide bonds. The maximum absolute atomic E-state index is 11.5. The van der Waals surface area contributed by atoms with Gasteiger partial charge in [0.2, 0.25) is 0 Å². The molecule has 4 heteroatoms. The molecule has 0 radical (unpaired) electrons. The van der Waals surface area contributed by atoms with Gasteiger partial charge in [0, 0.05) is 0 Å². The Morgan fingerprint density at radius 2 is 1.87 bits per heavy atom. The average Bonchev–Trinajstić information content (AvgIpc) is 1.99. The van der Waals surface area contributed by atoms with Crippen LogP contribution in [-0.2, 0) is 19.0 Å². The van der Waals surface area contributed by atoms with Crippen LogP contribution in [0.15, 0.2) is 0 Å². The highest BCUT2D eigenvalue weighted by molar-refractivity contribution is 5.70. The number of ether oxygens (including phenoxy) is 3. The lowest BCUT2D eigenvalue weighted by atomic mass is 10.1. The highest BCUT2D eigenvalue weighted by atomic mass is 16.7. The van der Waals surface area contributed by atoms with E-state index in [1.807, 2.05) is 20.8 Å². The fourth-order valence-electron chi connectivity index (χ4n) is 1.42. The normalized spacial score (nSPS) is 21.1. The van der Waals surface area contributed by atoms with Gasteiger partial charge in [-0.25, -0.2) is 0 Å². The van der Waals surface area contributed by atoms with E-state index in [1.54, 1.807) is 6.92 Å². The van der Waals surface area contributed by atoms with Crippen molar-refractivity contribution in [3.63, 3.8) is 0 Å². The molecule has 0 bridgehead atoms.